The number of anilines is 1. The van der Waals surface area contributed by atoms with Crippen molar-refractivity contribution in [2.45, 2.75) is 6.16 Å². The molecule has 118 valence electrons. The molecule has 2 aromatic rings. The molecule has 0 spiro atoms. The van der Waals surface area contributed by atoms with Crippen LogP contribution in [0, 0.1) is 0 Å². The molecule has 0 bridgehead atoms. The first kappa shape index (κ1) is 15.2. The van der Waals surface area contributed by atoms with Crippen molar-refractivity contribution in [3.8, 4) is 11.5 Å². The molecule has 8 heteroatoms. The smallest absolute Gasteiger partial charge is 0.403 e. The maximum atomic E-state index is 12.0. The van der Waals surface area contributed by atoms with Crippen LogP contribution in [0.5, 0.6) is 11.5 Å². The highest BCUT2D eigenvalue weighted by Gasteiger charge is 2.38. The van der Waals surface area contributed by atoms with Crippen molar-refractivity contribution < 1.29 is 24.5 Å². The maximum absolute atomic E-state index is 12.0. The van der Waals surface area contributed by atoms with Crippen molar-refractivity contribution in [1.82, 2.24) is 5.32 Å². The van der Waals surface area contributed by atoms with Gasteiger partial charge < -0.3 is 14.8 Å². The summed E-state index contributed by atoms with van der Waals surface area (Å²) in [5, 5.41) is 23.9. The molecule has 4 N–H and O–H groups in total. The molecule has 23 heavy (non-hydrogen) atoms. The number of thiocarbonyl (C=S) groups is 1. The largest absolute Gasteiger partial charge is 0.505 e. The zero-order valence-corrected chi connectivity index (χ0v) is 12.5. The molecule has 3 rings (SSSR count). The minimum atomic E-state index is -2.68. The second-order valence-corrected chi connectivity index (χ2v) is 5.10. The quantitative estimate of drug-likeness (QED) is 0.484. The summed E-state index contributed by atoms with van der Waals surface area (Å²) < 4.78 is 9.52. The molecule has 0 aromatic heterocycles. The number of ether oxygens (including phenoxy) is 2. The lowest BCUT2D eigenvalue weighted by Crippen LogP contribution is -2.37. The lowest BCUT2D eigenvalue weighted by atomic mass is 10.2. The van der Waals surface area contributed by atoms with Gasteiger partial charge in [0.05, 0.1) is 0 Å². The van der Waals surface area contributed by atoms with E-state index < -0.39 is 6.16 Å². The Morgan fingerprint density at radius 2 is 1.74 bits per heavy atom. The Labute approximate surface area is 136 Å². The topological polar surface area (TPSA) is 100 Å². The summed E-state index contributed by atoms with van der Waals surface area (Å²) in [4.78, 5) is 12.0. The summed E-state index contributed by atoms with van der Waals surface area (Å²) in [6, 6.07) is 13.2. The van der Waals surface area contributed by atoms with Gasteiger partial charge in [0.2, 0.25) is 0 Å². The number of nitrogens with one attached hydrogen (secondary N) is 2. The van der Waals surface area contributed by atoms with Crippen LogP contribution in [0.3, 0.4) is 0 Å². The summed E-state index contributed by atoms with van der Waals surface area (Å²) in [7, 11) is 0. The highest BCUT2D eigenvalue weighted by Crippen LogP contribution is 2.39. The molecule has 0 saturated heterocycles. The molecule has 0 unspecified atom stereocenters. The number of hydrogen-bond acceptors (Lipinski definition) is 6. The van der Waals surface area contributed by atoms with Gasteiger partial charge in [-0.3, -0.25) is 20.3 Å². The normalized spacial score (nSPS) is 14.2. The summed E-state index contributed by atoms with van der Waals surface area (Å²) in [5.41, 5.74) is 0.969. The summed E-state index contributed by atoms with van der Waals surface area (Å²) in [5.74, 6) is -0.0226. The van der Waals surface area contributed by atoms with Crippen molar-refractivity contribution >= 4 is 28.9 Å². The van der Waals surface area contributed by atoms with E-state index in [-0.39, 0.29) is 22.5 Å². The lowest BCUT2D eigenvalue weighted by molar-refractivity contribution is -0.385. The van der Waals surface area contributed by atoms with Crippen LogP contribution in [0.1, 0.15) is 10.4 Å². The van der Waals surface area contributed by atoms with Gasteiger partial charge in [-0.1, -0.05) is 18.2 Å². The maximum Gasteiger partial charge on any atom is 0.505 e. The van der Waals surface area contributed by atoms with Crippen molar-refractivity contribution in [1.29, 1.82) is 0 Å². The highest BCUT2D eigenvalue weighted by molar-refractivity contribution is 7.80. The molecular weight excluding hydrogens is 320 g/mol. The van der Waals surface area contributed by atoms with Gasteiger partial charge in [-0.2, -0.15) is 0 Å². The molecular formula is C15H12N2O5S. The predicted molar refractivity (Wildman–Crippen MR) is 85.0 cm³/mol. The Bertz CT molecular complexity index is 764. The molecule has 0 aliphatic carbocycles. The molecule has 7 nitrogen and oxygen atoms in total. The zero-order valence-electron chi connectivity index (χ0n) is 11.6. The molecule has 1 aliphatic heterocycles. The fourth-order valence-corrected chi connectivity index (χ4v) is 2.19. The van der Waals surface area contributed by atoms with Gasteiger partial charge in [0.1, 0.15) is 0 Å². The van der Waals surface area contributed by atoms with Gasteiger partial charge >= 0.3 is 6.16 Å². The Hall–Kier alpha value is -2.68. The number of rotatable bonds is 2. The average molecular weight is 332 g/mol. The first-order valence-corrected chi connectivity index (χ1v) is 6.98. The average Bonchev–Trinajstić information content (AvgIpc) is 2.81. The van der Waals surface area contributed by atoms with E-state index in [2.05, 4.69) is 10.6 Å². The van der Waals surface area contributed by atoms with E-state index in [9.17, 15) is 15.0 Å². The summed E-state index contributed by atoms with van der Waals surface area (Å²) in [6.45, 7) is 0. The van der Waals surface area contributed by atoms with Crippen LogP contribution >= 0.6 is 12.2 Å². The van der Waals surface area contributed by atoms with Gasteiger partial charge in [0.15, 0.2) is 16.6 Å². The monoisotopic (exact) mass is 332 g/mol. The van der Waals surface area contributed by atoms with Crippen LogP contribution in [-0.2, 0) is 0 Å². The standard InChI is InChI=1S/C15H12N2O5S/c18-13(9-4-2-1-3-5-9)17-14(23)16-10-6-7-11-12(8-10)22-15(19,20)21-11/h1-8,19-20H,(H2,16,17,18,23). The number of aliphatic hydroxyl groups is 2. The van der Waals surface area contributed by atoms with E-state index in [1.54, 1.807) is 30.3 Å². The van der Waals surface area contributed by atoms with Crippen molar-refractivity contribution in [3.63, 3.8) is 0 Å². The Balaban J connectivity index is 1.64. The summed E-state index contributed by atoms with van der Waals surface area (Å²) in [6.07, 6.45) is -2.68. The molecule has 1 heterocycles. The third-order valence-electron chi connectivity index (χ3n) is 2.95. The van der Waals surface area contributed by atoms with E-state index in [1.165, 1.54) is 12.1 Å². The number of carbonyl (C=O) groups is 1. The van der Waals surface area contributed by atoms with E-state index in [0.717, 1.165) is 0 Å². The van der Waals surface area contributed by atoms with Crippen molar-refractivity contribution in [2.75, 3.05) is 5.32 Å². The zero-order chi connectivity index (χ0) is 16.4. The van der Waals surface area contributed by atoms with Crippen LogP contribution in [0.2, 0.25) is 0 Å². The van der Waals surface area contributed by atoms with Crippen LogP contribution in [0.4, 0.5) is 5.69 Å². The van der Waals surface area contributed by atoms with Crippen LogP contribution in [0.15, 0.2) is 48.5 Å². The van der Waals surface area contributed by atoms with E-state index in [4.69, 9.17) is 21.7 Å². The molecule has 0 radical (unpaired) electrons. The fourth-order valence-electron chi connectivity index (χ4n) is 1.98. The lowest BCUT2D eigenvalue weighted by Gasteiger charge is -2.11. The third kappa shape index (κ3) is 3.57. The van der Waals surface area contributed by atoms with Crippen molar-refractivity contribution in [3.05, 3.63) is 54.1 Å². The van der Waals surface area contributed by atoms with Crippen LogP contribution < -0.4 is 20.1 Å². The van der Waals surface area contributed by atoms with Crippen molar-refractivity contribution in [2.24, 2.45) is 0 Å². The molecule has 0 atom stereocenters. The second-order valence-electron chi connectivity index (χ2n) is 4.69. The molecule has 0 saturated carbocycles. The summed E-state index contributed by atoms with van der Waals surface area (Å²) >= 11 is 5.07. The van der Waals surface area contributed by atoms with Gasteiger partial charge in [-0.25, -0.2) is 0 Å². The Kier molecular flexibility index (Phi) is 3.87. The fraction of sp³-hybridized carbons (Fsp3) is 0.0667. The van der Waals surface area contributed by atoms with E-state index in [1.807, 2.05) is 6.07 Å². The van der Waals surface area contributed by atoms with E-state index >= 15 is 0 Å². The number of fused-ring (bicyclic) bond motifs is 1. The van der Waals surface area contributed by atoms with Crippen LogP contribution in [-0.4, -0.2) is 27.4 Å². The second kappa shape index (κ2) is 5.84. The number of benzene rings is 2. The van der Waals surface area contributed by atoms with Gasteiger partial charge in [-0.05, 0) is 36.5 Å². The Morgan fingerprint density at radius 1 is 1.04 bits per heavy atom. The molecule has 0 fully saturated rings. The molecule has 2 aromatic carbocycles. The first-order valence-electron chi connectivity index (χ1n) is 6.57. The predicted octanol–water partition coefficient (Wildman–Crippen LogP) is 1.18. The number of hydrogen-bond donors (Lipinski definition) is 4. The molecule has 1 amide bonds. The number of amides is 1. The van der Waals surface area contributed by atoms with Gasteiger partial charge in [0, 0.05) is 17.3 Å². The SMILES string of the molecule is O=C(NC(=S)Nc1ccc2c(c1)OC(O)(O)O2)c1ccccc1. The van der Waals surface area contributed by atoms with Gasteiger partial charge in [-0.15, -0.1) is 0 Å². The minimum Gasteiger partial charge on any atom is -0.403 e. The first-order chi connectivity index (χ1) is 10.9. The highest BCUT2D eigenvalue weighted by atomic mass is 32.1. The minimum absolute atomic E-state index is 0.0944. The number of carbonyl (C=O) groups excluding carboxylic acids is 1. The van der Waals surface area contributed by atoms with Crippen LogP contribution in [0.25, 0.3) is 0 Å². The Morgan fingerprint density at radius 3 is 2.48 bits per heavy atom. The third-order valence-corrected chi connectivity index (χ3v) is 3.15. The molecule has 1 aliphatic rings. The van der Waals surface area contributed by atoms with E-state index in [0.29, 0.717) is 11.3 Å². The van der Waals surface area contributed by atoms with Gasteiger partial charge in [0.25, 0.3) is 5.91 Å².